The van der Waals surface area contributed by atoms with Crippen LogP contribution in [0.1, 0.15) is 11.1 Å². The van der Waals surface area contributed by atoms with Crippen molar-refractivity contribution >= 4 is 17.4 Å². The Morgan fingerprint density at radius 3 is 2.60 bits per heavy atom. The van der Waals surface area contributed by atoms with Gasteiger partial charge in [0.2, 0.25) is 0 Å². The number of rotatable bonds is 4. The van der Waals surface area contributed by atoms with Gasteiger partial charge in [0.1, 0.15) is 18.2 Å². The van der Waals surface area contributed by atoms with Crippen LogP contribution in [0.25, 0.3) is 0 Å². The van der Waals surface area contributed by atoms with Crippen molar-refractivity contribution in [3.8, 4) is 5.75 Å². The molecule has 0 saturated heterocycles. The van der Waals surface area contributed by atoms with Crippen LogP contribution in [0.5, 0.6) is 5.75 Å². The summed E-state index contributed by atoms with van der Waals surface area (Å²) < 4.78 is 19.6. The van der Waals surface area contributed by atoms with Crippen LogP contribution in [0.15, 0.2) is 47.6 Å². The number of nitrogens with zero attached hydrogens (tertiary/aromatic N) is 1. The first-order valence-electron chi connectivity index (χ1n) is 5.75. The van der Waals surface area contributed by atoms with Gasteiger partial charge in [-0.3, -0.25) is 0 Å². The monoisotopic (exact) mass is 294 g/mol. The molecular formula is C14H12ClFN2O2. The van der Waals surface area contributed by atoms with Crippen molar-refractivity contribution in [2.45, 2.75) is 6.61 Å². The van der Waals surface area contributed by atoms with E-state index in [1.165, 1.54) is 6.07 Å². The standard InChI is InChI=1S/C14H12ClFN2O2/c15-10-4-6-11(7-5-10)20-8-9-2-1-3-12(13(9)16)14(17)18-19/h1-7,19H,8H2,(H2,17,18). The van der Waals surface area contributed by atoms with Crippen molar-refractivity contribution in [1.82, 2.24) is 0 Å². The first-order valence-corrected chi connectivity index (χ1v) is 6.13. The van der Waals surface area contributed by atoms with Gasteiger partial charge in [-0.1, -0.05) is 28.9 Å². The fourth-order valence-electron chi connectivity index (χ4n) is 1.63. The molecule has 0 unspecified atom stereocenters. The molecule has 3 N–H and O–H groups in total. The van der Waals surface area contributed by atoms with Crippen LogP contribution < -0.4 is 10.5 Å². The molecule has 4 nitrogen and oxygen atoms in total. The predicted molar refractivity (Wildman–Crippen MR) is 74.7 cm³/mol. The highest BCUT2D eigenvalue weighted by molar-refractivity contribution is 6.30. The summed E-state index contributed by atoms with van der Waals surface area (Å²) >= 11 is 5.76. The van der Waals surface area contributed by atoms with Gasteiger partial charge in [0.15, 0.2) is 5.84 Å². The zero-order chi connectivity index (χ0) is 14.5. The van der Waals surface area contributed by atoms with Gasteiger partial charge in [-0.2, -0.15) is 0 Å². The minimum Gasteiger partial charge on any atom is -0.489 e. The van der Waals surface area contributed by atoms with Crippen LogP contribution in [0, 0.1) is 5.82 Å². The van der Waals surface area contributed by atoms with Gasteiger partial charge < -0.3 is 15.7 Å². The molecule has 2 aromatic carbocycles. The maximum atomic E-state index is 14.1. The minimum atomic E-state index is -0.572. The number of oxime groups is 1. The average molecular weight is 295 g/mol. The summed E-state index contributed by atoms with van der Waals surface area (Å²) in [6, 6.07) is 11.3. The largest absolute Gasteiger partial charge is 0.489 e. The molecule has 2 rings (SSSR count). The van der Waals surface area contributed by atoms with Crippen LogP contribution in [-0.4, -0.2) is 11.0 Å². The topological polar surface area (TPSA) is 67.8 Å². The molecule has 0 atom stereocenters. The highest BCUT2D eigenvalue weighted by Gasteiger charge is 2.11. The van der Waals surface area contributed by atoms with Crippen LogP contribution in [-0.2, 0) is 6.61 Å². The van der Waals surface area contributed by atoms with E-state index >= 15 is 0 Å². The van der Waals surface area contributed by atoms with E-state index in [4.69, 9.17) is 27.3 Å². The zero-order valence-corrected chi connectivity index (χ0v) is 11.1. The van der Waals surface area contributed by atoms with E-state index in [0.717, 1.165) is 0 Å². The molecule has 104 valence electrons. The second kappa shape index (κ2) is 6.25. The molecule has 0 amide bonds. The molecule has 0 heterocycles. The lowest BCUT2D eigenvalue weighted by molar-refractivity contribution is 0.299. The summed E-state index contributed by atoms with van der Waals surface area (Å²) in [6.07, 6.45) is 0. The summed E-state index contributed by atoms with van der Waals surface area (Å²) in [5.41, 5.74) is 5.73. The molecular weight excluding hydrogens is 283 g/mol. The molecule has 2 aromatic rings. The third kappa shape index (κ3) is 3.19. The van der Waals surface area contributed by atoms with E-state index < -0.39 is 5.82 Å². The van der Waals surface area contributed by atoms with E-state index in [9.17, 15) is 4.39 Å². The number of hydrogen-bond donors (Lipinski definition) is 2. The van der Waals surface area contributed by atoms with Gasteiger partial charge in [-0.25, -0.2) is 4.39 Å². The highest BCUT2D eigenvalue weighted by Crippen LogP contribution is 2.19. The SMILES string of the molecule is N/C(=N/O)c1cccc(COc2ccc(Cl)cc2)c1F. The average Bonchev–Trinajstić information content (AvgIpc) is 2.47. The Morgan fingerprint density at radius 2 is 1.95 bits per heavy atom. The number of hydrogen-bond acceptors (Lipinski definition) is 3. The molecule has 0 fully saturated rings. The number of benzene rings is 2. The third-order valence-electron chi connectivity index (χ3n) is 2.67. The Hall–Kier alpha value is -2.27. The van der Waals surface area contributed by atoms with Gasteiger partial charge >= 0.3 is 0 Å². The molecule has 0 radical (unpaired) electrons. The van der Waals surface area contributed by atoms with Crippen molar-refractivity contribution in [3.63, 3.8) is 0 Å². The lowest BCUT2D eigenvalue weighted by Gasteiger charge is -2.09. The highest BCUT2D eigenvalue weighted by atomic mass is 35.5. The molecule has 0 saturated carbocycles. The van der Waals surface area contributed by atoms with E-state index in [1.807, 2.05) is 0 Å². The van der Waals surface area contributed by atoms with Gasteiger partial charge in [-0.05, 0) is 30.3 Å². The Kier molecular flexibility index (Phi) is 4.42. The van der Waals surface area contributed by atoms with E-state index in [1.54, 1.807) is 36.4 Å². The molecule has 0 aromatic heterocycles. The molecule has 6 heteroatoms. The van der Waals surface area contributed by atoms with Gasteiger partial charge in [0.25, 0.3) is 0 Å². The first kappa shape index (κ1) is 14.1. The molecule has 0 spiro atoms. The number of nitrogens with two attached hydrogens (primary N) is 1. The van der Waals surface area contributed by atoms with E-state index in [0.29, 0.717) is 16.3 Å². The molecule has 0 aliphatic heterocycles. The summed E-state index contributed by atoms with van der Waals surface area (Å²) in [4.78, 5) is 0. The zero-order valence-electron chi connectivity index (χ0n) is 10.4. The molecule has 0 aliphatic rings. The third-order valence-corrected chi connectivity index (χ3v) is 2.92. The van der Waals surface area contributed by atoms with Crippen molar-refractivity contribution in [3.05, 3.63) is 64.4 Å². The quantitative estimate of drug-likeness (QED) is 0.394. The number of amidine groups is 1. The Bertz CT molecular complexity index is 630. The van der Waals surface area contributed by atoms with Gasteiger partial charge in [0.05, 0.1) is 5.56 Å². The van der Waals surface area contributed by atoms with Crippen LogP contribution in [0.2, 0.25) is 5.02 Å². The molecule has 20 heavy (non-hydrogen) atoms. The van der Waals surface area contributed by atoms with Crippen molar-refractivity contribution in [1.29, 1.82) is 0 Å². The Balaban J connectivity index is 2.16. The fraction of sp³-hybridized carbons (Fsp3) is 0.0714. The Labute approximate surface area is 120 Å². The lowest BCUT2D eigenvalue weighted by Crippen LogP contribution is -2.16. The summed E-state index contributed by atoms with van der Waals surface area (Å²) in [6.45, 7) is 0.0278. The van der Waals surface area contributed by atoms with Crippen LogP contribution in [0.3, 0.4) is 0 Å². The number of halogens is 2. The lowest BCUT2D eigenvalue weighted by atomic mass is 10.1. The van der Waals surface area contributed by atoms with Gasteiger partial charge in [-0.15, -0.1) is 0 Å². The Morgan fingerprint density at radius 1 is 1.25 bits per heavy atom. The van der Waals surface area contributed by atoms with E-state index in [2.05, 4.69) is 5.16 Å². The predicted octanol–water partition coefficient (Wildman–Crippen LogP) is 3.15. The van der Waals surface area contributed by atoms with Crippen molar-refractivity contribution in [2.75, 3.05) is 0 Å². The smallest absolute Gasteiger partial charge is 0.173 e. The van der Waals surface area contributed by atoms with Crippen molar-refractivity contribution in [2.24, 2.45) is 10.9 Å². The molecule has 0 aliphatic carbocycles. The maximum Gasteiger partial charge on any atom is 0.173 e. The van der Waals surface area contributed by atoms with Gasteiger partial charge in [0, 0.05) is 10.6 Å². The second-order valence-corrected chi connectivity index (χ2v) is 4.44. The van der Waals surface area contributed by atoms with E-state index in [-0.39, 0.29) is 18.0 Å². The maximum absolute atomic E-state index is 14.1. The minimum absolute atomic E-state index is 0.0278. The number of ether oxygens (including phenoxy) is 1. The first-order chi connectivity index (χ1) is 9.61. The fourth-order valence-corrected chi connectivity index (χ4v) is 1.76. The summed E-state index contributed by atoms with van der Waals surface area (Å²) in [5, 5.41) is 12.0. The second-order valence-electron chi connectivity index (χ2n) is 4.01. The molecule has 0 bridgehead atoms. The van der Waals surface area contributed by atoms with Crippen LogP contribution in [0.4, 0.5) is 4.39 Å². The summed E-state index contributed by atoms with van der Waals surface area (Å²) in [7, 11) is 0. The van der Waals surface area contributed by atoms with Crippen molar-refractivity contribution < 1.29 is 14.3 Å². The summed E-state index contributed by atoms with van der Waals surface area (Å²) in [5.74, 6) is -0.282. The normalized spacial score (nSPS) is 11.4. The van der Waals surface area contributed by atoms with Crippen LogP contribution >= 0.6 is 11.6 Å².